The number of carbonyl (C=O) groups is 2. The molecule has 2 aromatic rings. The van der Waals surface area contributed by atoms with Gasteiger partial charge in [-0.15, -0.1) is 0 Å². The van der Waals surface area contributed by atoms with Crippen molar-refractivity contribution in [2.24, 2.45) is 0 Å². The maximum atomic E-state index is 12.1. The fourth-order valence-corrected chi connectivity index (χ4v) is 2.41. The zero-order valence-corrected chi connectivity index (χ0v) is 15.1. The molecule has 25 heavy (non-hydrogen) atoms. The predicted molar refractivity (Wildman–Crippen MR) is 98.3 cm³/mol. The first-order valence-corrected chi connectivity index (χ1v) is 8.23. The summed E-state index contributed by atoms with van der Waals surface area (Å²) in [5.41, 5.74) is 1.86. The lowest BCUT2D eigenvalue weighted by atomic mass is 10.2. The molecule has 0 bridgehead atoms. The maximum Gasteiger partial charge on any atom is 0.262 e. The first-order chi connectivity index (χ1) is 12.0. The third-order valence-corrected chi connectivity index (χ3v) is 3.64. The number of hydrogen-bond donors (Lipinski definition) is 2. The highest BCUT2D eigenvalue weighted by Crippen LogP contribution is 2.26. The number of anilines is 2. The Morgan fingerprint density at radius 3 is 2.48 bits per heavy atom. The van der Waals surface area contributed by atoms with E-state index >= 15 is 0 Å². The predicted octanol–water partition coefficient (Wildman–Crippen LogP) is 3.49. The van der Waals surface area contributed by atoms with Gasteiger partial charge in [-0.25, -0.2) is 0 Å². The number of ether oxygens (including phenoxy) is 1. The lowest BCUT2D eigenvalue weighted by Crippen LogP contribution is -2.21. The van der Waals surface area contributed by atoms with Crippen LogP contribution >= 0.6 is 15.9 Å². The zero-order chi connectivity index (χ0) is 18.2. The van der Waals surface area contributed by atoms with Crippen molar-refractivity contribution >= 4 is 39.1 Å². The number of rotatable bonds is 6. The number of benzene rings is 2. The average Bonchev–Trinajstić information content (AvgIpc) is 2.57. The van der Waals surface area contributed by atoms with Gasteiger partial charge in [0.1, 0.15) is 5.75 Å². The number of hydrogen-bond acceptors (Lipinski definition) is 4. The minimum atomic E-state index is -0.356. The molecule has 2 amide bonds. The van der Waals surface area contributed by atoms with E-state index in [0.717, 1.165) is 10.0 Å². The van der Waals surface area contributed by atoms with E-state index in [1.165, 1.54) is 6.92 Å². The number of nitrogens with zero attached hydrogens (tertiary/aromatic N) is 1. The molecule has 0 aliphatic heterocycles. The summed E-state index contributed by atoms with van der Waals surface area (Å²) in [7, 11) is 0. The van der Waals surface area contributed by atoms with E-state index in [0.29, 0.717) is 23.5 Å². The highest BCUT2D eigenvalue weighted by molar-refractivity contribution is 9.10. The molecular formula is C18H16BrN3O3. The van der Waals surface area contributed by atoms with E-state index in [1.807, 2.05) is 0 Å². The van der Waals surface area contributed by atoms with Crippen molar-refractivity contribution in [3.8, 4) is 11.8 Å². The lowest BCUT2D eigenvalue weighted by molar-refractivity contribution is -0.118. The molecule has 0 fully saturated rings. The average molecular weight is 402 g/mol. The van der Waals surface area contributed by atoms with Gasteiger partial charge in [-0.1, -0.05) is 28.1 Å². The third-order valence-electron chi connectivity index (χ3n) is 3.14. The first-order valence-electron chi connectivity index (χ1n) is 7.43. The van der Waals surface area contributed by atoms with Gasteiger partial charge in [0.2, 0.25) is 5.91 Å². The molecule has 6 nitrogen and oxygen atoms in total. The normalized spacial score (nSPS) is 9.80. The summed E-state index contributed by atoms with van der Waals surface area (Å²) in [6.07, 6.45) is 0.329. The molecular weight excluding hydrogens is 386 g/mol. The number of nitriles is 1. The maximum absolute atomic E-state index is 12.1. The minimum absolute atomic E-state index is 0.177. The summed E-state index contributed by atoms with van der Waals surface area (Å²) in [6, 6.07) is 14.2. The summed E-state index contributed by atoms with van der Waals surface area (Å²) in [4.78, 5) is 23.3. The van der Waals surface area contributed by atoms with Crippen LogP contribution in [0.4, 0.5) is 11.4 Å². The first kappa shape index (κ1) is 18.5. The summed E-state index contributed by atoms with van der Waals surface area (Å²) in [5, 5.41) is 14.0. The van der Waals surface area contributed by atoms with Crippen molar-refractivity contribution < 1.29 is 14.3 Å². The molecule has 0 heterocycles. The SMILES string of the molecule is CC(=O)Nc1ccc(Br)cc1NC(=O)COc1ccc(CC#N)cc1. The largest absolute Gasteiger partial charge is 0.484 e. The van der Waals surface area contributed by atoms with Crippen LogP contribution in [0, 0.1) is 11.3 Å². The smallest absolute Gasteiger partial charge is 0.262 e. The van der Waals surface area contributed by atoms with Crippen LogP contribution in [0.2, 0.25) is 0 Å². The molecule has 0 atom stereocenters. The molecule has 2 aromatic carbocycles. The number of amides is 2. The Morgan fingerprint density at radius 2 is 1.84 bits per heavy atom. The van der Waals surface area contributed by atoms with E-state index in [4.69, 9.17) is 10.00 Å². The molecule has 0 saturated heterocycles. The second-order valence-corrected chi connectivity index (χ2v) is 6.10. The molecule has 0 aliphatic rings. The quantitative estimate of drug-likeness (QED) is 0.774. The van der Waals surface area contributed by atoms with Gasteiger partial charge in [-0.2, -0.15) is 5.26 Å². The molecule has 2 N–H and O–H groups in total. The molecule has 0 radical (unpaired) electrons. The van der Waals surface area contributed by atoms with Gasteiger partial charge in [-0.3, -0.25) is 9.59 Å². The van der Waals surface area contributed by atoms with Gasteiger partial charge < -0.3 is 15.4 Å². The van der Waals surface area contributed by atoms with Crippen LogP contribution in [0.25, 0.3) is 0 Å². The number of halogens is 1. The van der Waals surface area contributed by atoms with Crippen molar-refractivity contribution in [1.82, 2.24) is 0 Å². The van der Waals surface area contributed by atoms with Crippen molar-refractivity contribution in [2.75, 3.05) is 17.2 Å². The van der Waals surface area contributed by atoms with Crippen LogP contribution in [-0.4, -0.2) is 18.4 Å². The Labute approximate surface area is 153 Å². The summed E-state index contributed by atoms with van der Waals surface area (Å²) in [6.45, 7) is 1.22. The van der Waals surface area contributed by atoms with Gasteiger partial charge in [0.05, 0.1) is 23.9 Å². The van der Waals surface area contributed by atoms with Crippen LogP contribution < -0.4 is 15.4 Å². The topological polar surface area (TPSA) is 91.2 Å². The van der Waals surface area contributed by atoms with E-state index in [-0.39, 0.29) is 18.4 Å². The van der Waals surface area contributed by atoms with Crippen LogP contribution in [0.3, 0.4) is 0 Å². The van der Waals surface area contributed by atoms with E-state index in [2.05, 4.69) is 32.6 Å². The van der Waals surface area contributed by atoms with Gasteiger partial charge in [-0.05, 0) is 35.9 Å². The number of carbonyl (C=O) groups excluding carboxylic acids is 2. The second-order valence-electron chi connectivity index (χ2n) is 5.19. The van der Waals surface area contributed by atoms with Crippen molar-refractivity contribution in [3.63, 3.8) is 0 Å². The third kappa shape index (κ3) is 5.94. The fourth-order valence-electron chi connectivity index (χ4n) is 2.05. The molecule has 128 valence electrons. The Bertz CT molecular complexity index is 813. The highest BCUT2D eigenvalue weighted by Gasteiger charge is 2.10. The summed E-state index contributed by atoms with van der Waals surface area (Å²) >= 11 is 3.33. The highest BCUT2D eigenvalue weighted by atomic mass is 79.9. The van der Waals surface area contributed by atoms with E-state index < -0.39 is 0 Å². The van der Waals surface area contributed by atoms with Crippen LogP contribution in [0.5, 0.6) is 5.75 Å². The number of nitrogens with one attached hydrogen (secondary N) is 2. The van der Waals surface area contributed by atoms with Crippen molar-refractivity contribution in [1.29, 1.82) is 5.26 Å². The van der Waals surface area contributed by atoms with Crippen molar-refractivity contribution in [2.45, 2.75) is 13.3 Å². The van der Waals surface area contributed by atoms with Crippen LogP contribution in [0.1, 0.15) is 12.5 Å². The molecule has 0 unspecified atom stereocenters. The van der Waals surface area contributed by atoms with Crippen LogP contribution in [-0.2, 0) is 16.0 Å². The molecule has 0 spiro atoms. The Kier molecular flexibility index (Phi) is 6.54. The summed E-state index contributed by atoms with van der Waals surface area (Å²) in [5.74, 6) is -0.0505. The monoisotopic (exact) mass is 401 g/mol. The standard InChI is InChI=1S/C18H16BrN3O3/c1-12(23)21-16-7-4-14(19)10-17(16)22-18(24)11-25-15-5-2-13(3-6-15)8-9-20/h2-7,10H,8,11H2,1H3,(H,21,23)(H,22,24). The molecule has 7 heteroatoms. The van der Waals surface area contributed by atoms with Crippen LogP contribution in [0.15, 0.2) is 46.9 Å². The molecule has 0 saturated carbocycles. The van der Waals surface area contributed by atoms with Gasteiger partial charge >= 0.3 is 0 Å². The molecule has 0 aromatic heterocycles. The summed E-state index contributed by atoms with van der Waals surface area (Å²) < 4.78 is 6.20. The molecule has 2 rings (SSSR count). The minimum Gasteiger partial charge on any atom is -0.484 e. The van der Waals surface area contributed by atoms with Gasteiger partial charge in [0, 0.05) is 11.4 Å². The fraction of sp³-hybridized carbons (Fsp3) is 0.167. The molecule has 0 aliphatic carbocycles. The van der Waals surface area contributed by atoms with Gasteiger partial charge in [0.25, 0.3) is 5.91 Å². The Hall–Kier alpha value is -2.85. The second kappa shape index (κ2) is 8.85. The van der Waals surface area contributed by atoms with Gasteiger partial charge in [0.15, 0.2) is 6.61 Å². The van der Waals surface area contributed by atoms with Crippen molar-refractivity contribution in [3.05, 3.63) is 52.5 Å². The lowest BCUT2D eigenvalue weighted by Gasteiger charge is -2.12. The van der Waals surface area contributed by atoms with E-state index in [1.54, 1.807) is 42.5 Å². The van der Waals surface area contributed by atoms with E-state index in [9.17, 15) is 9.59 Å². The zero-order valence-electron chi connectivity index (χ0n) is 13.5. The Morgan fingerprint density at radius 1 is 1.12 bits per heavy atom. The Balaban J connectivity index is 1.97.